The second-order valence-electron chi connectivity index (χ2n) is 37.0. The van der Waals surface area contributed by atoms with Crippen LogP contribution >= 0.6 is 0 Å². The predicted molar refractivity (Wildman–Crippen MR) is 495 cm³/mol. The van der Waals surface area contributed by atoms with Crippen molar-refractivity contribution in [2.75, 3.05) is 59.7 Å². The molecule has 6 atom stereocenters. The summed E-state index contributed by atoms with van der Waals surface area (Å²) in [5.41, 5.74) is 9.21. The van der Waals surface area contributed by atoms with E-state index in [2.05, 4.69) is 44.7 Å². The summed E-state index contributed by atoms with van der Waals surface area (Å²) in [6, 6.07) is 15.9. The SMILES string of the molecule is C=CC(=O)N1C[C@H](C)N(c2nc(=O)n(-c3c(C4CC4)nc(C)nc3C3CC3)c3nc(-c4c(O)cccc4F)c(F)cc23)C[C@H]1C.C=CC(=O)N1[C@H](C)CN(c2nc(=O)n(-c3c(C4CC4)nc(C)nc3C3CC3)c3nc(-c4c(N)cccc4F)c(F)cc23)C[C@@H]1C.C=CC(=O)N1[C@H](C)CN(c2nc(=O)n(-c3c(C4CC4)nc(C)nc3C3CC3)c3nc(-c4ccccc4F)c(F)cc23)C[C@@H]1C. The lowest BCUT2D eigenvalue weighted by Gasteiger charge is -2.44. The first-order chi connectivity index (χ1) is 64.3. The van der Waals surface area contributed by atoms with E-state index in [0.29, 0.717) is 79.2 Å². The molecule has 9 aliphatic rings. The van der Waals surface area contributed by atoms with Gasteiger partial charge in [-0.3, -0.25) is 14.4 Å². The van der Waals surface area contributed by atoms with Gasteiger partial charge in [0.1, 0.15) is 81.0 Å². The number of carbonyl (C=O) groups is 3. The smallest absolute Gasteiger partial charge is 0.355 e. The number of aryl methyl sites for hydroxylation is 3. The van der Waals surface area contributed by atoms with Gasteiger partial charge in [0.2, 0.25) is 17.7 Å². The molecule has 6 saturated carbocycles. The number of nitrogen functional groups attached to an aromatic ring is 1. The zero-order valence-electron chi connectivity index (χ0n) is 75.6. The minimum Gasteiger partial charge on any atom is -0.507 e. The van der Waals surface area contributed by atoms with Crippen LogP contribution in [-0.4, -0.2) is 187 Å². The summed E-state index contributed by atoms with van der Waals surface area (Å²) in [6.07, 6.45) is 14.9. The lowest BCUT2D eigenvalue weighted by molar-refractivity contribution is -0.131. The fourth-order valence-corrected chi connectivity index (χ4v) is 19.6. The van der Waals surface area contributed by atoms with E-state index in [1.165, 1.54) is 98.7 Å². The van der Waals surface area contributed by atoms with E-state index < -0.39 is 69.0 Å². The van der Waals surface area contributed by atoms with Gasteiger partial charge in [-0.15, -0.1) is 0 Å². The van der Waals surface area contributed by atoms with Crippen LogP contribution in [0.15, 0.2) is 131 Å². The fourth-order valence-electron chi connectivity index (χ4n) is 19.6. The largest absolute Gasteiger partial charge is 0.507 e. The number of anilines is 4. The van der Waals surface area contributed by atoms with Crippen LogP contribution in [0.5, 0.6) is 5.75 Å². The van der Waals surface area contributed by atoms with Crippen LogP contribution in [-0.2, 0) is 14.4 Å². The number of phenols is 1. The van der Waals surface area contributed by atoms with Crippen molar-refractivity contribution in [3.8, 4) is 56.6 Å². The molecule has 0 spiro atoms. The maximum absolute atomic E-state index is 16.1. The summed E-state index contributed by atoms with van der Waals surface area (Å²) < 4.78 is 97.6. The number of pyridine rings is 3. The average molecular weight is 1820 g/mol. The van der Waals surface area contributed by atoms with Gasteiger partial charge in [0.25, 0.3) is 0 Å². The van der Waals surface area contributed by atoms with E-state index in [0.717, 1.165) is 117 Å². The van der Waals surface area contributed by atoms with Crippen LogP contribution in [0.2, 0.25) is 0 Å². The Bertz CT molecular complexity index is 6960. The molecule has 3 aromatic carbocycles. The van der Waals surface area contributed by atoms with Gasteiger partial charge in [0, 0.05) is 122 Å². The molecule has 0 unspecified atom stereocenters. The highest BCUT2D eigenvalue weighted by Crippen LogP contribution is 2.53. The molecule has 3 saturated heterocycles. The number of rotatable bonds is 18. The van der Waals surface area contributed by atoms with E-state index in [1.54, 1.807) is 20.8 Å². The quantitative estimate of drug-likeness (QED) is 0.0458. The van der Waals surface area contributed by atoms with Gasteiger partial charge in [-0.05, 0) is 212 Å². The van der Waals surface area contributed by atoms with E-state index in [1.807, 2.05) is 77.0 Å². The number of nitrogens with two attached hydrogens (primary N) is 1. The highest BCUT2D eigenvalue weighted by Gasteiger charge is 2.45. The van der Waals surface area contributed by atoms with Gasteiger partial charge in [0.15, 0.2) is 28.6 Å². The molecule has 29 nitrogen and oxygen atoms in total. The van der Waals surface area contributed by atoms with Crippen LogP contribution in [0.4, 0.5) is 49.5 Å². The Morgan fingerprint density at radius 3 is 1.06 bits per heavy atom. The number of hydrogen-bond acceptors (Lipinski definition) is 23. The van der Waals surface area contributed by atoms with Crippen LogP contribution in [0.1, 0.15) is 206 Å². The standard InChI is InChI=1S/C33H34F2N8O2.C33H33F2N7O3.C33H33F2N7O2/c1-5-25(44)42-16(2)14-41(15-17(42)3)31-21-13-23(35)29(26-22(34)7-6-8-24(26)36)39-32(21)43(33(45)40-31)30-27(19-9-10-19)37-18(4)38-28(30)20-11-12-20;1-5-25(44)40-14-17(3)41(15-16(40)2)31-21-13-23(35)29(26-22(34)7-6-8-24(26)43)38-32(21)42(33(45)39-31)30-27(19-9-10-19)36-18(4)37-28(30)20-11-12-20;1-5-26(43)41-17(2)15-40(16-18(41)3)31-23-14-25(35)29(22-8-6-7-9-24(22)34)38-32(23)42(33(44)39-31)30-27(20-10-11-20)36-19(4)37-28(30)21-12-13-21/h5-8,13,16-17,19-20H,1,9-12,14-15,36H2,2-4H3;5-8,13,16-17,19-20,43H,1,9-12,14-15H2,2-4H3;5-9,14,17-18,20-21H,1,10-13,15-16H2,2-4H3/t2*16-,17+;17-,18+/m.1./s1. The lowest BCUT2D eigenvalue weighted by atomic mass is 10.1. The molecule has 12 heterocycles. The van der Waals surface area contributed by atoms with Gasteiger partial charge in [-0.2, -0.15) is 15.0 Å². The number of benzene rings is 3. The maximum atomic E-state index is 16.1. The molecule has 0 bridgehead atoms. The molecule has 3 amide bonds. The number of halogens is 6. The summed E-state index contributed by atoms with van der Waals surface area (Å²) in [5, 5.41) is 11.4. The van der Waals surface area contributed by atoms with Crippen molar-refractivity contribution in [2.24, 2.45) is 0 Å². The molecule has 690 valence electrons. The summed E-state index contributed by atoms with van der Waals surface area (Å²) in [5.74, 6) is -2.19. The molecule has 21 rings (SSSR count). The normalized spacial score (nSPS) is 20.2. The van der Waals surface area contributed by atoms with Crippen molar-refractivity contribution in [3.63, 3.8) is 0 Å². The first-order valence-electron chi connectivity index (χ1n) is 45.7. The van der Waals surface area contributed by atoms with E-state index in [-0.39, 0.29) is 163 Å². The van der Waals surface area contributed by atoms with Gasteiger partial charge >= 0.3 is 17.1 Å². The van der Waals surface area contributed by atoms with E-state index in [9.17, 15) is 38.3 Å². The van der Waals surface area contributed by atoms with Gasteiger partial charge in [-0.25, -0.2) is 99.3 Å². The molecule has 0 radical (unpaired) electrons. The number of amides is 3. The molecule has 6 aliphatic carbocycles. The second-order valence-corrected chi connectivity index (χ2v) is 37.0. The fraction of sp³-hybridized carbons (Fsp3) is 0.394. The third-order valence-electron chi connectivity index (χ3n) is 26.7. The molecule has 134 heavy (non-hydrogen) atoms. The number of nitrogens with zero attached hydrogens (tertiary/aromatic N) is 21. The minimum atomic E-state index is -0.887. The van der Waals surface area contributed by atoms with Gasteiger partial charge in [0.05, 0.1) is 78.5 Å². The number of fused-ring (bicyclic) bond motifs is 3. The zero-order chi connectivity index (χ0) is 94.3. The molecule has 3 N–H and O–H groups in total. The minimum absolute atomic E-state index is 0.00644. The van der Waals surface area contributed by atoms with Crippen LogP contribution < -0.4 is 37.5 Å². The summed E-state index contributed by atoms with van der Waals surface area (Å²) in [7, 11) is 0. The van der Waals surface area contributed by atoms with Crippen LogP contribution in [0, 0.1) is 55.7 Å². The summed E-state index contributed by atoms with van der Waals surface area (Å²) in [6.45, 7) is 29.8. The lowest BCUT2D eigenvalue weighted by Crippen LogP contribution is -2.58. The molecule has 35 heteroatoms. The number of hydrogen-bond donors (Lipinski definition) is 2. The molecule has 9 aromatic heterocycles. The average Bonchev–Trinajstić information content (AvgIpc) is 1.22. The Kier molecular flexibility index (Phi) is 23.2. The number of aromatic nitrogens is 15. The Labute approximate surface area is 766 Å². The highest BCUT2D eigenvalue weighted by molar-refractivity contribution is 5.96. The second kappa shape index (κ2) is 34.9. The predicted octanol–water partition coefficient (Wildman–Crippen LogP) is 14.9. The molecular weight excluding hydrogens is 1720 g/mol. The Hall–Kier alpha value is -14.0. The number of carbonyl (C=O) groups excluding carboxylic acids is 3. The van der Waals surface area contributed by atoms with E-state index in [4.69, 9.17) is 40.6 Å². The van der Waals surface area contributed by atoms with Crippen LogP contribution in [0.3, 0.4) is 0 Å². The van der Waals surface area contributed by atoms with Crippen molar-refractivity contribution in [3.05, 3.63) is 235 Å². The first-order valence-corrected chi connectivity index (χ1v) is 45.7. The Morgan fingerprint density at radius 2 is 0.701 bits per heavy atom. The van der Waals surface area contributed by atoms with Crippen molar-refractivity contribution >= 4 is 74.0 Å². The number of piperazine rings is 3. The van der Waals surface area contributed by atoms with Crippen molar-refractivity contribution in [1.29, 1.82) is 0 Å². The molecule has 12 aromatic rings. The maximum Gasteiger partial charge on any atom is 0.355 e. The summed E-state index contributed by atoms with van der Waals surface area (Å²) >= 11 is 0. The third kappa shape index (κ3) is 16.5. The van der Waals surface area contributed by atoms with Crippen LogP contribution in [0.25, 0.3) is 83.9 Å². The first kappa shape index (κ1) is 89.2. The van der Waals surface area contributed by atoms with E-state index >= 15 is 22.0 Å². The van der Waals surface area contributed by atoms with Gasteiger partial charge < -0.3 is 40.2 Å². The molecule has 9 fully saturated rings. The van der Waals surface area contributed by atoms with Crippen molar-refractivity contribution in [1.82, 2.24) is 88.2 Å². The Balaban J connectivity index is 0.000000129. The van der Waals surface area contributed by atoms with Crippen molar-refractivity contribution in [2.45, 2.75) is 211 Å². The number of aromatic hydroxyl groups is 1. The topological polar surface area (TPSA) is 338 Å². The number of phenolic OH excluding ortho intramolecular Hbond substituents is 1. The highest BCUT2D eigenvalue weighted by atomic mass is 19.1. The van der Waals surface area contributed by atoms with Crippen molar-refractivity contribution < 1.29 is 45.8 Å². The van der Waals surface area contributed by atoms with Gasteiger partial charge in [-0.1, -0.05) is 44.0 Å². The summed E-state index contributed by atoms with van der Waals surface area (Å²) in [4.78, 5) is 148. The molecular formula is C99H100F6N22O7. The Morgan fingerprint density at radius 1 is 0.373 bits per heavy atom. The third-order valence-corrected chi connectivity index (χ3v) is 26.7. The monoisotopic (exact) mass is 1820 g/mol. The zero-order valence-corrected chi connectivity index (χ0v) is 75.6. The molecule has 3 aliphatic heterocycles.